The molecule has 9 heteroatoms. The molecule has 0 aromatic heterocycles. The third kappa shape index (κ3) is 10.5. The molecule has 1 aliphatic rings. The molecule has 5 nitrogen and oxygen atoms in total. The molecule has 0 bridgehead atoms. The normalized spacial score (nSPS) is 12.4. The minimum absolute atomic E-state index is 0.225. The molecule has 0 amide bonds. The van der Waals surface area contributed by atoms with Crippen LogP contribution in [0.2, 0.25) is 0 Å². The second-order valence-electron chi connectivity index (χ2n) is 15.0. The molecule has 9 rings (SSSR count). The molecular weight excluding hydrogens is 915 g/mol. The van der Waals surface area contributed by atoms with Gasteiger partial charge in [0.15, 0.2) is 0 Å². The van der Waals surface area contributed by atoms with Crippen LogP contribution in [-0.2, 0) is 34.7 Å². The smallest absolute Gasteiger partial charge is 0.0916 e. The Labute approximate surface area is 379 Å². The van der Waals surface area contributed by atoms with Gasteiger partial charge in [-0.1, -0.05) is 172 Å². The van der Waals surface area contributed by atoms with Crippen LogP contribution in [0.3, 0.4) is 0 Å². The molecule has 1 heterocycles. The Morgan fingerprint density at radius 1 is 0.500 bits per heavy atom. The Kier molecular flexibility index (Phi) is 14.7. The van der Waals surface area contributed by atoms with Gasteiger partial charge in [0.25, 0.3) is 0 Å². The summed E-state index contributed by atoms with van der Waals surface area (Å²) in [6, 6.07) is 73.7. The molecule has 1 N–H and O–H groups in total. The Morgan fingerprint density at radius 3 is 1.21 bits per heavy atom. The fourth-order valence-electron chi connectivity index (χ4n) is 7.61. The maximum Gasteiger partial charge on any atom is 0.0916 e. The van der Waals surface area contributed by atoms with E-state index in [1.54, 1.807) is 0 Å². The largest absolute Gasteiger partial charge is 0.748 e. The van der Waals surface area contributed by atoms with Crippen LogP contribution in [0.25, 0.3) is 11.1 Å². The van der Waals surface area contributed by atoms with Crippen LogP contribution in [0.4, 0.5) is 5.69 Å². The van der Waals surface area contributed by atoms with E-state index in [1.165, 1.54) is 54.1 Å². The number of nitrogens with one attached hydrogen (secondary N) is 1. The Hall–Kier alpha value is -5.21. The zero-order chi connectivity index (χ0) is 43.7. The first-order valence-electron chi connectivity index (χ1n) is 20.1. The van der Waals surface area contributed by atoms with Crippen molar-refractivity contribution in [3.8, 4) is 22.6 Å². The van der Waals surface area contributed by atoms with Gasteiger partial charge in [0.2, 0.25) is 0 Å². The van der Waals surface area contributed by atoms with Crippen molar-refractivity contribution in [2.45, 2.75) is 19.3 Å². The number of hydrogen-bond acceptors (Lipinski definition) is 5. The third-order valence-electron chi connectivity index (χ3n) is 10.4. The first-order valence-corrected chi connectivity index (χ1v) is 25.4. The summed E-state index contributed by atoms with van der Waals surface area (Å²) in [5.74, 6) is 2.02. The fourth-order valence-corrected chi connectivity index (χ4v) is 12.9. The van der Waals surface area contributed by atoms with Crippen LogP contribution in [-0.4, -0.2) is 26.3 Å². The predicted octanol–water partition coefficient (Wildman–Crippen LogP) is 9.36. The molecule has 0 aliphatic carbocycles. The van der Waals surface area contributed by atoms with Crippen molar-refractivity contribution in [3.63, 3.8) is 0 Å². The maximum absolute atomic E-state index is 9.08. The number of ether oxygens (including phenoxy) is 1. The summed E-state index contributed by atoms with van der Waals surface area (Å²) < 4.78 is 35.6. The summed E-state index contributed by atoms with van der Waals surface area (Å²) in [5, 5.41) is 11.0. The number of rotatable bonds is 8. The average molecular weight is 962 g/mol. The Bertz CT molecular complexity index is 2620. The summed E-state index contributed by atoms with van der Waals surface area (Å²) in [7, 11) is -3.62. The van der Waals surface area contributed by atoms with Gasteiger partial charge < -0.3 is 9.29 Å². The maximum atomic E-state index is 9.08. The van der Waals surface area contributed by atoms with Crippen molar-refractivity contribution in [3.05, 3.63) is 217 Å². The summed E-state index contributed by atoms with van der Waals surface area (Å²) in [6.07, 6.45) is 0.604. The van der Waals surface area contributed by atoms with Crippen molar-refractivity contribution >= 4 is 67.5 Å². The Balaban J connectivity index is 0.000000239. The van der Waals surface area contributed by atoms with E-state index in [9.17, 15) is 0 Å². The molecule has 8 aromatic rings. The number of benzene rings is 8. The second kappa shape index (κ2) is 20.3. The number of fused-ring (bicyclic) bond motifs is 2. The van der Waals surface area contributed by atoms with Gasteiger partial charge in [-0.05, 0) is 37.1 Å². The van der Waals surface area contributed by atoms with Gasteiger partial charge in [0.1, 0.15) is 11.5 Å². The molecule has 62 heavy (non-hydrogen) atoms. The Morgan fingerprint density at radius 2 is 0.839 bits per heavy atom. The molecule has 0 unspecified atom stereocenters. The molecule has 0 saturated heterocycles. The zero-order valence-electron chi connectivity index (χ0n) is 34.9. The van der Waals surface area contributed by atoms with Gasteiger partial charge >= 0.3 is 101 Å². The standard InChI is InChI=1S/C39H32OP2.C13H12N.CH4O3S.Pd/c1-39(2)33-25-15-27-35(41(29-17-7-3-8-18-29)30-19-9-4-10-20-30)37(33)40-38-34(39)26-16-28-36(38)42(31-21-11-5-12-22-31)32-23-13-6-14-24-32;1-14-13-10-6-5-9-12(13)11-7-3-2-4-8-11;1-5(2,3)4;/h3-28H,1-2H3;2-7,9-10,14H,1H3;1H3,(H,2,3,4);/q;;;+1/p-1. The molecule has 0 atom stereocenters. The summed E-state index contributed by atoms with van der Waals surface area (Å²) in [5.41, 5.74) is 5.86. The first kappa shape index (κ1) is 44.8. The van der Waals surface area contributed by atoms with E-state index in [0.29, 0.717) is 6.26 Å². The molecule has 8 aromatic carbocycles. The minimum atomic E-state index is -3.92. The molecule has 0 radical (unpaired) electrons. The van der Waals surface area contributed by atoms with Gasteiger partial charge in [0, 0.05) is 33.4 Å². The molecule has 314 valence electrons. The van der Waals surface area contributed by atoms with Crippen molar-refractivity contribution in [1.82, 2.24) is 0 Å². The number of hydrogen-bond donors (Lipinski definition) is 1. The summed E-state index contributed by atoms with van der Waals surface area (Å²) in [4.78, 5) is 0. The average Bonchev–Trinajstić information content (AvgIpc) is 3.28. The van der Waals surface area contributed by atoms with Crippen LogP contribution in [0.15, 0.2) is 206 Å². The second-order valence-corrected chi connectivity index (χ2v) is 21.6. The molecule has 0 fully saturated rings. The van der Waals surface area contributed by atoms with Crippen LogP contribution >= 0.6 is 15.8 Å². The van der Waals surface area contributed by atoms with Crippen molar-refractivity contribution in [2.24, 2.45) is 0 Å². The van der Waals surface area contributed by atoms with Crippen LogP contribution in [0.1, 0.15) is 25.0 Å². The zero-order valence-corrected chi connectivity index (χ0v) is 39.0. The monoisotopic (exact) mass is 961 g/mol. The van der Waals surface area contributed by atoms with Crippen molar-refractivity contribution in [1.29, 1.82) is 0 Å². The van der Waals surface area contributed by atoms with E-state index in [4.69, 9.17) is 17.7 Å². The van der Waals surface area contributed by atoms with Gasteiger partial charge in [-0.25, -0.2) is 8.42 Å². The van der Waals surface area contributed by atoms with E-state index in [1.807, 2.05) is 19.2 Å². The quantitative estimate of drug-likeness (QED) is 0.0934. The van der Waals surface area contributed by atoms with Gasteiger partial charge in [-0.3, -0.25) is 0 Å². The third-order valence-corrected chi connectivity index (χ3v) is 16.0. The van der Waals surface area contributed by atoms with E-state index < -0.39 is 26.0 Å². The van der Waals surface area contributed by atoms with E-state index >= 15 is 0 Å². The molecule has 0 saturated carbocycles. The summed E-state index contributed by atoms with van der Waals surface area (Å²) in [6.45, 7) is 4.70. The van der Waals surface area contributed by atoms with Gasteiger partial charge in [0.05, 0.1) is 10.1 Å². The summed E-state index contributed by atoms with van der Waals surface area (Å²) >= 11 is 3.28. The van der Waals surface area contributed by atoms with Crippen LogP contribution in [0.5, 0.6) is 11.5 Å². The van der Waals surface area contributed by atoms with Crippen LogP contribution < -0.4 is 45.9 Å². The van der Waals surface area contributed by atoms with Gasteiger partial charge in [-0.2, -0.15) is 0 Å². The van der Waals surface area contributed by atoms with Crippen LogP contribution in [0, 0.1) is 0 Å². The van der Waals surface area contributed by atoms with E-state index in [2.05, 4.69) is 232 Å². The number of para-hydroxylation sites is 3. The topological polar surface area (TPSA) is 78.5 Å². The predicted molar refractivity (Wildman–Crippen MR) is 259 cm³/mol. The van der Waals surface area contributed by atoms with Crippen molar-refractivity contribution < 1.29 is 36.9 Å². The fraction of sp³-hybridized carbons (Fsp3) is 0.0943. The minimum Gasteiger partial charge on any atom is -0.748 e. The first-order chi connectivity index (χ1) is 30.0. The van der Waals surface area contributed by atoms with Gasteiger partial charge in [-0.15, -0.1) is 0 Å². The molecular formula is C53H47NO4P2PdS. The number of anilines is 1. The molecule has 1 aliphatic heterocycles. The van der Waals surface area contributed by atoms with Crippen molar-refractivity contribution in [2.75, 3.05) is 18.6 Å². The van der Waals surface area contributed by atoms with E-state index in [0.717, 1.165) is 21.2 Å². The SMILES string of the molecule is CC1(C)c2cccc(P(c3ccccc3)c3ccccc3)c2Oc2c(P(c3ccccc3)c3ccccc3)cccc21.CNc1ccccc1-c1cccc[c]1[Pd+].CS(=O)(=O)[O-]. The molecule has 0 spiro atoms. The van der Waals surface area contributed by atoms with E-state index in [-0.39, 0.29) is 5.41 Å².